The minimum absolute atomic E-state index is 0.0254. The fourth-order valence-corrected chi connectivity index (χ4v) is 2.60. The lowest BCUT2D eigenvalue weighted by Gasteiger charge is -2.05. The summed E-state index contributed by atoms with van der Waals surface area (Å²) in [6, 6.07) is 21.8. The van der Waals surface area contributed by atoms with E-state index in [0.717, 1.165) is 6.07 Å². The molecule has 30 heavy (non-hydrogen) atoms. The second-order valence-corrected chi connectivity index (χ2v) is 6.13. The molecule has 0 radical (unpaired) electrons. The number of nitro benzene ring substituents is 1. The Kier molecular flexibility index (Phi) is 6.11. The first-order chi connectivity index (χ1) is 14.5. The molecule has 7 heteroatoms. The number of benzene rings is 3. The van der Waals surface area contributed by atoms with E-state index in [4.69, 9.17) is 4.74 Å². The first-order valence-corrected chi connectivity index (χ1v) is 8.76. The number of nitriles is 1. The Bertz CT molecular complexity index is 1180. The van der Waals surface area contributed by atoms with Crippen molar-refractivity contribution in [3.8, 4) is 11.8 Å². The van der Waals surface area contributed by atoms with Gasteiger partial charge in [0.1, 0.15) is 17.4 Å². The maximum Gasteiger partial charge on any atom is 0.343 e. The first-order valence-electron chi connectivity index (χ1n) is 8.76. The number of nitro groups is 1. The van der Waals surface area contributed by atoms with Crippen molar-refractivity contribution < 1.29 is 19.2 Å². The monoisotopic (exact) mass is 398 g/mol. The van der Waals surface area contributed by atoms with Gasteiger partial charge in [-0.3, -0.25) is 14.9 Å². The predicted molar refractivity (Wildman–Crippen MR) is 109 cm³/mol. The van der Waals surface area contributed by atoms with Crippen LogP contribution < -0.4 is 4.74 Å². The lowest BCUT2D eigenvalue weighted by atomic mass is 10.0. The van der Waals surface area contributed by atoms with Gasteiger partial charge in [0.2, 0.25) is 5.78 Å². The van der Waals surface area contributed by atoms with Crippen molar-refractivity contribution in [3.63, 3.8) is 0 Å². The van der Waals surface area contributed by atoms with Gasteiger partial charge in [0.25, 0.3) is 5.69 Å². The maximum atomic E-state index is 12.4. The Morgan fingerprint density at radius 3 is 2.23 bits per heavy atom. The number of hydrogen-bond donors (Lipinski definition) is 0. The second kappa shape index (κ2) is 9.08. The largest absolute Gasteiger partial charge is 0.423 e. The molecule has 0 aliphatic carbocycles. The number of Topliss-reactive ketones (excluding diaryl/α,β-unsaturated/α-hetero) is 1. The van der Waals surface area contributed by atoms with Crippen molar-refractivity contribution in [2.45, 2.75) is 0 Å². The van der Waals surface area contributed by atoms with E-state index < -0.39 is 10.9 Å². The van der Waals surface area contributed by atoms with Gasteiger partial charge < -0.3 is 4.74 Å². The van der Waals surface area contributed by atoms with Crippen molar-refractivity contribution in [2.24, 2.45) is 0 Å². The molecule has 0 saturated carbocycles. The molecule has 0 fully saturated rings. The lowest BCUT2D eigenvalue weighted by Crippen LogP contribution is -2.08. The molecule has 0 N–H and O–H groups in total. The smallest absolute Gasteiger partial charge is 0.343 e. The van der Waals surface area contributed by atoms with E-state index in [-0.39, 0.29) is 28.4 Å². The van der Waals surface area contributed by atoms with E-state index in [0.29, 0.717) is 11.1 Å². The fraction of sp³-hybridized carbons (Fsp3) is 0. The quantitative estimate of drug-likeness (QED) is 0.114. The Hall–Kier alpha value is -4.57. The molecule has 0 aromatic heterocycles. The molecule has 0 aliphatic rings. The van der Waals surface area contributed by atoms with Gasteiger partial charge in [-0.25, -0.2) is 4.79 Å². The third-order valence-electron chi connectivity index (χ3n) is 4.10. The van der Waals surface area contributed by atoms with Crippen LogP contribution in [-0.2, 0) is 0 Å². The van der Waals surface area contributed by atoms with Crippen LogP contribution in [-0.4, -0.2) is 16.7 Å². The third kappa shape index (κ3) is 4.82. The van der Waals surface area contributed by atoms with Gasteiger partial charge in [-0.15, -0.1) is 0 Å². The van der Waals surface area contributed by atoms with Crippen LogP contribution in [0, 0.1) is 21.4 Å². The van der Waals surface area contributed by atoms with Crippen LogP contribution in [0.3, 0.4) is 0 Å². The summed E-state index contributed by atoms with van der Waals surface area (Å²) in [4.78, 5) is 34.8. The number of carbonyl (C=O) groups excluding carboxylic acids is 2. The molecule has 0 spiro atoms. The molecule has 0 bridgehead atoms. The van der Waals surface area contributed by atoms with Gasteiger partial charge in [-0.05, 0) is 29.8 Å². The van der Waals surface area contributed by atoms with Crippen LogP contribution in [0.25, 0.3) is 6.08 Å². The third-order valence-corrected chi connectivity index (χ3v) is 4.10. The van der Waals surface area contributed by atoms with E-state index >= 15 is 0 Å². The highest BCUT2D eigenvalue weighted by Crippen LogP contribution is 2.19. The SMILES string of the molecule is N#C/C(=C\c1ccc(OC(=O)c2cccc([N+](=O)[O-])c2)cc1)C(=O)c1ccccc1. The van der Waals surface area contributed by atoms with Gasteiger partial charge in [-0.2, -0.15) is 5.26 Å². The zero-order chi connectivity index (χ0) is 21.5. The van der Waals surface area contributed by atoms with Gasteiger partial charge >= 0.3 is 5.97 Å². The number of non-ortho nitro benzene ring substituents is 1. The zero-order valence-corrected chi connectivity index (χ0v) is 15.5. The van der Waals surface area contributed by atoms with Crippen LogP contribution >= 0.6 is 0 Å². The Balaban J connectivity index is 1.74. The predicted octanol–water partition coefficient (Wildman–Crippen LogP) is 4.60. The molecular weight excluding hydrogens is 384 g/mol. The van der Waals surface area contributed by atoms with Crippen LogP contribution in [0.5, 0.6) is 5.75 Å². The maximum absolute atomic E-state index is 12.4. The average molecular weight is 398 g/mol. The van der Waals surface area contributed by atoms with Crippen molar-refractivity contribution >= 4 is 23.5 Å². The number of ketones is 1. The summed E-state index contributed by atoms with van der Waals surface area (Å²) in [6.45, 7) is 0. The minimum atomic E-state index is -0.737. The minimum Gasteiger partial charge on any atom is -0.423 e. The summed E-state index contributed by atoms with van der Waals surface area (Å²) in [6.07, 6.45) is 1.45. The highest BCUT2D eigenvalue weighted by atomic mass is 16.6. The summed E-state index contributed by atoms with van der Waals surface area (Å²) >= 11 is 0. The highest BCUT2D eigenvalue weighted by Gasteiger charge is 2.14. The number of rotatable bonds is 6. The second-order valence-electron chi connectivity index (χ2n) is 6.13. The van der Waals surface area contributed by atoms with Crippen LogP contribution in [0.15, 0.2) is 84.4 Å². The average Bonchev–Trinajstić information content (AvgIpc) is 2.78. The number of hydrogen-bond acceptors (Lipinski definition) is 6. The summed E-state index contributed by atoms with van der Waals surface area (Å²) in [5.41, 5.74) is 0.798. The van der Waals surface area contributed by atoms with E-state index in [1.54, 1.807) is 42.5 Å². The molecule has 0 amide bonds. The molecule has 0 unspecified atom stereocenters. The van der Waals surface area contributed by atoms with E-state index in [1.165, 1.54) is 36.4 Å². The van der Waals surface area contributed by atoms with Crippen molar-refractivity contribution in [1.82, 2.24) is 0 Å². The van der Waals surface area contributed by atoms with E-state index in [9.17, 15) is 25.0 Å². The number of allylic oxidation sites excluding steroid dienone is 1. The fourth-order valence-electron chi connectivity index (χ4n) is 2.60. The van der Waals surface area contributed by atoms with Crippen LogP contribution in [0.4, 0.5) is 5.69 Å². The number of nitrogens with zero attached hydrogens (tertiary/aromatic N) is 2. The molecular formula is C23H14N2O5. The number of carbonyl (C=O) groups is 2. The molecule has 0 aliphatic heterocycles. The Morgan fingerprint density at radius 1 is 0.933 bits per heavy atom. The molecule has 0 saturated heterocycles. The molecule has 7 nitrogen and oxygen atoms in total. The molecule has 146 valence electrons. The van der Waals surface area contributed by atoms with Crippen molar-refractivity contribution in [2.75, 3.05) is 0 Å². The highest BCUT2D eigenvalue weighted by molar-refractivity contribution is 6.14. The van der Waals surface area contributed by atoms with E-state index in [2.05, 4.69) is 0 Å². The van der Waals surface area contributed by atoms with E-state index in [1.807, 2.05) is 6.07 Å². The van der Waals surface area contributed by atoms with Crippen molar-refractivity contribution in [3.05, 3.63) is 111 Å². The van der Waals surface area contributed by atoms with Gasteiger partial charge in [0.05, 0.1) is 10.5 Å². The molecule has 0 heterocycles. The van der Waals surface area contributed by atoms with Crippen LogP contribution in [0.2, 0.25) is 0 Å². The first kappa shape index (κ1) is 20.2. The summed E-state index contributed by atoms with van der Waals surface area (Å²) in [5, 5.41) is 20.1. The molecule has 3 rings (SSSR count). The van der Waals surface area contributed by atoms with Gasteiger partial charge in [0, 0.05) is 17.7 Å². The lowest BCUT2D eigenvalue weighted by molar-refractivity contribution is -0.384. The topological polar surface area (TPSA) is 110 Å². The Labute approximate surface area is 171 Å². The molecule has 0 atom stereocenters. The zero-order valence-electron chi connectivity index (χ0n) is 15.5. The van der Waals surface area contributed by atoms with Gasteiger partial charge in [0.15, 0.2) is 0 Å². The van der Waals surface area contributed by atoms with Gasteiger partial charge in [-0.1, -0.05) is 48.5 Å². The summed E-state index contributed by atoms with van der Waals surface area (Å²) < 4.78 is 5.22. The normalized spacial score (nSPS) is 10.7. The standard InChI is InChI=1S/C23H14N2O5/c24-15-19(22(26)17-5-2-1-3-6-17)13-16-9-11-21(12-10-16)30-23(27)18-7-4-8-20(14-18)25(28)29/h1-14H/b19-13+. The number of esters is 1. The van der Waals surface area contributed by atoms with Crippen molar-refractivity contribution in [1.29, 1.82) is 5.26 Å². The molecule has 3 aromatic carbocycles. The summed E-state index contributed by atoms with van der Waals surface area (Å²) in [7, 11) is 0. The summed E-state index contributed by atoms with van der Waals surface area (Å²) in [5.74, 6) is -0.908. The Morgan fingerprint density at radius 2 is 1.60 bits per heavy atom. The van der Waals surface area contributed by atoms with Crippen LogP contribution in [0.1, 0.15) is 26.3 Å². The number of ether oxygens (including phenoxy) is 1. The molecule has 3 aromatic rings.